The Balaban J connectivity index is 0. The molecule has 0 aliphatic rings. The lowest BCUT2D eigenvalue weighted by atomic mass is 10.2. The molecule has 0 aromatic carbocycles. The van der Waals surface area contributed by atoms with Gasteiger partial charge in [0.25, 0.3) is 0 Å². The van der Waals surface area contributed by atoms with Crippen LogP contribution in [0.2, 0.25) is 0 Å². The summed E-state index contributed by atoms with van der Waals surface area (Å²) in [4.78, 5) is 0. The molecule has 0 heteroatoms. The smallest absolute Gasteiger partial charge is 0.0316 e. The predicted octanol–water partition coefficient (Wildman–Crippen LogP) is 6.68. The minimum atomic E-state index is 1.21. The first-order chi connectivity index (χ1) is 8.33. The quantitative estimate of drug-likeness (QED) is 0.310. The maximum Gasteiger partial charge on any atom is -0.0316 e. The van der Waals surface area contributed by atoms with E-state index in [0.717, 1.165) is 0 Å². The Morgan fingerprint density at radius 1 is 0.529 bits per heavy atom. The summed E-state index contributed by atoms with van der Waals surface area (Å²) in [5.41, 5.74) is 0. The van der Waals surface area contributed by atoms with Crippen molar-refractivity contribution >= 4 is 0 Å². The van der Waals surface area contributed by atoms with E-state index < -0.39 is 0 Å². The largest absolute Gasteiger partial charge is 0.0885 e. The molecule has 0 amide bonds. The number of unbranched alkanes of at least 4 members (excludes halogenated alkanes) is 5. The van der Waals surface area contributed by atoms with E-state index in [1.54, 1.807) is 0 Å². The van der Waals surface area contributed by atoms with Gasteiger partial charge in [0.1, 0.15) is 0 Å². The summed E-state index contributed by atoms with van der Waals surface area (Å²) < 4.78 is 0. The van der Waals surface area contributed by atoms with Gasteiger partial charge in [-0.15, -0.1) is 0 Å². The first-order valence-corrected chi connectivity index (χ1v) is 7.63. The van der Waals surface area contributed by atoms with Gasteiger partial charge in [0.2, 0.25) is 0 Å². The number of rotatable bonds is 9. The lowest BCUT2D eigenvalue weighted by Crippen LogP contribution is -1.71. The van der Waals surface area contributed by atoms with Gasteiger partial charge in [-0.25, -0.2) is 0 Å². The van der Waals surface area contributed by atoms with Crippen LogP contribution in [0.4, 0.5) is 0 Å². The van der Waals surface area contributed by atoms with Crippen LogP contribution < -0.4 is 0 Å². The molecule has 0 aromatic heterocycles. The van der Waals surface area contributed by atoms with Crippen LogP contribution in [0.25, 0.3) is 0 Å². The molecule has 0 unspecified atom stereocenters. The Labute approximate surface area is 110 Å². The van der Waals surface area contributed by atoms with Crippen molar-refractivity contribution in [2.75, 3.05) is 0 Å². The average molecular weight is 238 g/mol. The zero-order valence-electron chi connectivity index (χ0n) is 12.7. The van der Waals surface area contributed by atoms with Gasteiger partial charge in [-0.05, 0) is 32.1 Å². The van der Waals surface area contributed by atoms with Crippen LogP contribution in [0.3, 0.4) is 0 Å². The molecule has 0 aliphatic heterocycles. The third-order valence-corrected chi connectivity index (χ3v) is 2.26. The van der Waals surface area contributed by atoms with Crippen molar-refractivity contribution in [1.29, 1.82) is 0 Å². The summed E-state index contributed by atoms with van der Waals surface area (Å²) in [7, 11) is 0. The zero-order valence-corrected chi connectivity index (χ0v) is 12.7. The Bertz CT molecular complexity index is 153. The maximum absolute atomic E-state index is 2.34. The summed E-state index contributed by atoms with van der Waals surface area (Å²) in [6, 6.07) is 0. The van der Waals surface area contributed by atoms with Crippen molar-refractivity contribution < 1.29 is 0 Å². The molecule has 0 spiro atoms. The summed E-state index contributed by atoms with van der Waals surface area (Å²) in [6.07, 6.45) is 20.8. The second-order valence-electron chi connectivity index (χ2n) is 4.51. The highest BCUT2D eigenvalue weighted by Crippen LogP contribution is 2.01. The maximum atomic E-state index is 2.34. The second kappa shape index (κ2) is 20.8. The number of hydrogen-bond donors (Lipinski definition) is 0. The fraction of sp³-hybridized carbons (Fsp3) is 0.765. The molecule has 0 heterocycles. The van der Waals surface area contributed by atoms with Crippen LogP contribution in [-0.4, -0.2) is 0 Å². The molecule has 0 atom stereocenters. The van der Waals surface area contributed by atoms with Crippen molar-refractivity contribution in [1.82, 2.24) is 0 Å². The first kappa shape index (κ1) is 18.8. The van der Waals surface area contributed by atoms with E-state index in [9.17, 15) is 0 Å². The molecule has 0 saturated carbocycles. The van der Waals surface area contributed by atoms with Gasteiger partial charge in [0, 0.05) is 0 Å². The first-order valence-electron chi connectivity index (χ1n) is 7.63. The summed E-state index contributed by atoms with van der Waals surface area (Å²) in [5.74, 6) is 0. The molecular formula is C17H34. The van der Waals surface area contributed by atoms with Crippen molar-refractivity contribution in [2.45, 2.75) is 85.5 Å². The predicted molar refractivity (Wildman–Crippen MR) is 82.5 cm³/mol. The monoisotopic (exact) mass is 238 g/mol. The van der Waals surface area contributed by atoms with Crippen molar-refractivity contribution in [3.8, 4) is 0 Å². The minimum absolute atomic E-state index is 1.21. The molecule has 0 fully saturated rings. The second-order valence-corrected chi connectivity index (χ2v) is 4.51. The van der Waals surface area contributed by atoms with E-state index in [-0.39, 0.29) is 0 Å². The third kappa shape index (κ3) is 25.6. The fourth-order valence-corrected chi connectivity index (χ4v) is 1.34. The van der Waals surface area contributed by atoms with Gasteiger partial charge in [0.15, 0.2) is 0 Å². The van der Waals surface area contributed by atoms with Crippen LogP contribution in [-0.2, 0) is 0 Å². The van der Waals surface area contributed by atoms with Gasteiger partial charge < -0.3 is 0 Å². The molecule has 0 rings (SSSR count). The highest BCUT2D eigenvalue weighted by molar-refractivity contribution is 4.87. The third-order valence-electron chi connectivity index (χ3n) is 2.26. The van der Waals surface area contributed by atoms with E-state index >= 15 is 0 Å². The summed E-state index contributed by atoms with van der Waals surface area (Å²) in [5, 5.41) is 0. The minimum Gasteiger partial charge on any atom is -0.0885 e. The van der Waals surface area contributed by atoms with Crippen molar-refractivity contribution in [3.05, 3.63) is 24.3 Å². The van der Waals surface area contributed by atoms with Crippen LogP contribution >= 0.6 is 0 Å². The van der Waals surface area contributed by atoms with Crippen LogP contribution in [0.1, 0.15) is 85.5 Å². The Morgan fingerprint density at radius 2 is 1.00 bits per heavy atom. The Kier molecular flexibility index (Phi) is 23.1. The lowest BCUT2D eigenvalue weighted by molar-refractivity contribution is 0.728. The van der Waals surface area contributed by atoms with Crippen molar-refractivity contribution in [3.63, 3.8) is 0 Å². The molecule has 0 aromatic rings. The highest BCUT2D eigenvalue weighted by Gasteiger charge is 1.81. The standard InChI is InChI=1S/C14H26.C3H8/c1-3-5-7-9-11-13-14-12-10-8-6-4-2;1-3-2/h7,9,12,14H,3-6,8,10-11,13H2,1-2H3;3H2,1-2H3/b9-7-,14-12-;. The van der Waals surface area contributed by atoms with E-state index in [2.05, 4.69) is 52.0 Å². The zero-order chi connectivity index (χ0) is 13.2. The summed E-state index contributed by atoms with van der Waals surface area (Å²) >= 11 is 0. The van der Waals surface area contributed by atoms with Gasteiger partial charge >= 0.3 is 0 Å². The van der Waals surface area contributed by atoms with Gasteiger partial charge in [0.05, 0.1) is 0 Å². The van der Waals surface area contributed by atoms with Gasteiger partial charge in [-0.3, -0.25) is 0 Å². The van der Waals surface area contributed by atoms with Gasteiger partial charge in [-0.2, -0.15) is 0 Å². The normalized spacial score (nSPS) is 10.8. The topological polar surface area (TPSA) is 0 Å². The van der Waals surface area contributed by atoms with Crippen LogP contribution in [0.5, 0.6) is 0 Å². The lowest BCUT2D eigenvalue weighted by Gasteiger charge is -1.91. The van der Waals surface area contributed by atoms with E-state index in [0.29, 0.717) is 0 Å². The van der Waals surface area contributed by atoms with Crippen LogP contribution in [0, 0.1) is 0 Å². The van der Waals surface area contributed by atoms with Crippen LogP contribution in [0.15, 0.2) is 24.3 Å². The van der Waals surface area contributed by atoms with E-state index in [1.165, 1.54) is 57.8 Å². The molecule has 0 nitrogen and oxygen atoms in total. The molecule has 102 valence electrons. The fourth-order valence-electron chi connectivity index (χ4n) is 1.34. The van der Waals surface area contributed by atoms with Crippen molar-refractivity contribution in [2.24, 2.45) is 0 Å². The van der Waals surface area contributed by atoms with E-state index in [4.69, 9.17) is 0 Å². The highest BCUT2D eigenvalue weighted by atomic mass is 13.9. The molecule has 0 saturated heterocycles. The Hall–Kier alpha value is -0.520. The van der Waals surface area contributed by atoms with E-state index in [1.807, 2.05) is 0 Å². The molecule has 0 aliphatic carbocycles. The SMILES string of the molecule is CCC.CCC/C=C\CC/C=C\CCCCC. The average Bonchev–Trinajstić information content (AvgIpc) is 2.33. The molecule has 0 bridgehead atoms. The molecule has 17 heavy (non-hydrogen) atoms. The summed E-state index contributed by atoms with van der Waals surface area (Å²) in [6.45, 7) is 8.72. The molecule has 0 N–H and O–H groups in total. The molecule has 0 radical (unpaired) electrons. The number of allylic oxidation sites excluding steroid dienone is 4. The Morgan fingerprint density at radius 3 is 1.47 bits per heavy atom. The number of hydrogen-bond acceptors (Lipinski definition) is 0. The molecular weight excluding hydrogens is 204 g/mol. The van der Waals surface area contributed by atoms with Gasteiger partial charge in [-0.1, -0.05) is 77.7 Å².